The number of hydrogen-bond donors (Lipinski definition) is 2. The van der Waals surface area contributed by atoms with Crippen molar-refractivity contribution in [1.82, 2.24) is 0 Å². The molecule has 2 aromatic carbocycles. The van der Waals surface area contributed by atoms with E-state index >= 15 is 0 Å². The van der Waals surface area contributed by atoms with Crippen LogP contribution in [0.2, 0.25) is 0 Å². The van der Waals surface area contributed by atoms with Gasteiger partial charge in [0.15, 0.2) is 0 Å². The molecule has 0 aliphatic carbocycles. The van der Waals surface area contributed by atoms with Crippen molar-refractivity contribution in [1.29, 1.82) is 0 Å². The maximum absolute atomic E-state index is 10.5. The van der Waals surface area contributed by atoms with E-state index in [0.717, 1.165) is 17.1 Å². The highest BCUT2D eigenvalue weighted by Crippen LogP contribution is 2.22. The molecule has 0 radical (unpaired) electrons. The highest BCUT2D eigenvalue weighted by atomic mass is 16.5. The summed E-state index contributed by atoms with van der Waals surface area (Å²) in [6, 6.07) is 17.1. The first-order chi connectivity index (χ1) is 10.1. The molecule has 4 nitrogen and oxygen atoms in total. The highest BCUT2D eigenvalue weighted by Gasteiger charge is 2.08. The van der Waals surface area contributed by atoms with Crippen molar-refractivity contribution in [3.8, 4) is 11.5 Å². The summed E-state index contributed by atoms with van der Waals surface area (Å²) >= 11 is 0. The van der Waals surface area contributed by atoms with Crippen LogP contribution in [0.25, 0.3) is 0 Å². The van der Waals surface area contributed by atoms with Gasteiger partial charge in [-0.2, -0.15) is 0 Å². The van der Waals surface area contributed by atoms with Gasteiger partial charge in [-0.3, -0.25) is 4.79 Å². The molecule has 0 saturated carbocycles. The zero-order valence-corrected chi connectivity index (χ0v) is 11.7. The molecule has 0 aliphatic rings. The molecule has 2 rings (SSSR count). The van der Waals surface area contributed by atoms with Crippen molar-refractivity contribution >= 4 is 5.97 Å². The number of carboxylic acid groups (broad SMARTS) is 1. The van der Waals surface area contributed by atoms with Crippen molar-refractivity contribution in [2.45, 2.75) is 25.3 Å². The molecule has 1 atom stereocenters. The average molecular weight is 285 g/mol. The summed E-state index contributed by atoms with van der Waals surface area (Å²) in [5.74, 6) is 0.723. The number of rotatable bonds is 7. The van der Waals surface area contributed by atoms with Gasteiger partial charge in [0, 0.05) is 12.5 Å². The molecular weight excluding hydrogens is 266 g/mol. The lowest BCUT2D eigenvalue weighted by atomic mass is 10.0. The Morgan fingerprint density at radius 3 is 2.52 bits per heavy atom. The van der Waals surface area contributed by atoms with Crippen molar-refractivity contribution < 1.29 is 14.6 Å². The first-order valence-corrected chi connectivity index (χ1v) is 6.92. The van der Waals surface area contributed by atoms with Crippen LogP contribution < -0.4 is 10.5 Å². The molecule has 0 aliphatic heterocycles. The molecule has 21 heavy (non-hydrogen) atoms. The van der Waals surface area contributed by atoms with Crippen molar-refractivity contribution in [2.24, 2.45) is 5.73 Å². The maximum Gasteiger partial charge on any atom is 0.303 e. The van der Waals surface area contributed by atoms with Gasteiger partial charge in [-0.25, -0.2) is 0 Å². The zero-order chi connectivity index (χ0) is 15.1. The molecule has 4 heteroatoms. The smallest absolute Gasteiger partial charge is 0.303 e. The van der Waals surface area contributed by atoms with E-state index in [1.54, 1.807) is 0 Å². The lowest BCUT2D eigenvalue weighted by molar-refractivity contribution is -0.137. The Kier molecular flexibility index (Phi) is 5.35. The van der Waals surface area contributed by atoms with E-state index in [9.17, 15) is 4.79 Å². The molecular formula is C17H19NO3. The molecule has 110 valence electrons. The second kappa shape index (κ2) is 7.45. The van der Waals surface area contributed by atoms with Gasteiger partial charge in [-0.1, -0.05) is 30.3 Å². The molecule has 0 spiro atoms. The van der Waals surface area contributed by atoms with Crippen LogP contribution in [-0.4, -0.2) is 17.1 Å². The Balaban J connectivity index is 1.96. The summed E-state index contributed by atoms with van der Waals surface area (Å²) in [6.45, 7) is 0. The third kappa shape index (κ3) is 5.28. The maximum atomic E-state index is 10.5. The molecule has 0 aromatic heterocycles. The van der Waals surface area contributed by atoms with Crippen LogP contribution in [0.1, 0.15) is 18.4 Å². The van der Waals surface area contributed by atoms with Gasteiger partial charge in [-0.15, -0.1) is 0 Å². The van der Waals surface area contributed by atoms with Crippen molar-refractivity contribution in [2.75, 3.05) is 0 Å². The second-order valence-corrected chi connectivity index (χ2v) is 4.96. The van der Waals surface area contributed by atoms with E-state index in [-0.39, 0.29) is 12.5 Å². The lowest BCUT2D eigenvalue weighted by Crippen LogP contribution is -2.23. The Hall–Kier alpha value is -2.33. The van der Waals surface area contributed by atoms with E-state index in [1.165, 1.54) is 0 Å². The number of nitrogens with two attached hydrogens (primary N) is 1. The Labute approximate surface area is 124 Å². The predicted octanol–water partition coefficient (Wildman–Crippen LogP) is 3.21. The fourth-order valence-electron chi connectivity index (χ4n) is 2.07. The van der Waals surface area contributed by atoms with Crippen LogP contribution in [0, 0.1) is 0 Å². The molecule has 0 heterocycles. The number of carboxylic acids is 1. The molecule has 2 aromatic rings. The summed E-state index contributed by atoms with van der Waals surface area (Å²) in [5.41, 5.74) is 7.00. The average Bonchev–Trinajstić information content (AvgIpc) is 2.46. The van der Waals surface area contributed by atoms with Gasteiger partial charge in [-0.05, 0) is 42.7 Å². The quantitative estimate of drug-likeness (QED) is 0.819. The fourth-order valence-corrected chi connectivity index (χ4v) is 2.07. The third-order valence-electron chi connectivity index (χ3n) is 3.10. The van der Waals surface area contributed by atoms with E-state index < -0.39 is 5.97 Å². The molecule has 0 fully saturated rings. The lowest BCUT2D eigenvalue weighted by Gasteiger charge is -2.12. The number of ether oxygens (including phenoxy) is 1. The van der Waals surface area contributed by atoms with E-state index in [1.807, 2.05) is 54.6 Å². The van der Waals surface area contributed by atoms with Gasteiger partial charge >= 0.3 is 5.97 Å². The van der Waals surface area contributed by atoms with E-state index in [0.29, 0.717) is 12.8 Å². The van der Waals surface area contributed by atoms with Crippen LogP contribution >= 0.6 is 0 Å². The first kappa shape index (κ1) is 15.1. The van der Waals surface area contributed by atoms with Crippen LogP contribution in [-0.2, 0) is 11.2 Å². The molecule has 0 amide bonds. The van der Waals surface area contributed by atoms with Gasteiger partial charge in [0.25, 0.3) is 0 Å². The summed E-state index contributed by atoms with van der Waals surface area (Å²) in [5, 5.41) is 8.66. The van der Waals surface area contributed by atoms with Gasteiger partial charge in [0.1, 0.15) is 11.5 Å². The zero-order valence-electron chi connectivity index (χ0n) is 11.7. The standard InChI is InChI=1S/C17H19NO3/c18-14(9-10-17(19)20)11-13-5-4-8-16(12-13)21-15-6-2-1-3-7-15/h1-8,12,14H,9-11,18H2,(H,19,20). The minimum Gasteiger partial charge on any atom is -0.481 e. The minimum absolute atomic E-state index is 0.0986. The monoisotopic (exact) mass is 285 g/mol. The van der Waals surface area contributed by atoms with Gasteiger partial charge in [0.2, 0.25) is 0 Å². The van der Waals surface area contributed by atoms with Crippen LogP contribution in [0.15, 0.2) is 54.6 Å². The van der Waals surface area contributed by atoms with Crippen LogP contribution in [0.4, 0.5) is 0 Å². The predicted molar refractivity (Wildman–Crippen MR) is 81.5 cm³/mol. The van der Waals surface area contributed by atoms with E-state index in [4.69, 9.17) is 15.6 Å². The highest BCUT2D eigenvalue weighted by molar-refractivity contribution is 5.66. The van der Waals surface area contributed by atoms with Crippen molar-refractivity contribution in [3.05, 3.63) is 60.2 Å². The molecule has 0 saturated heterocycles. The third-order valence-corrected chi connectivity index (χ3v) is 3.10. The number of para-hydroxylation sites is 1. The van der Waals surface area contributed by atoms with Gasteiger partial charge in [0.05, 0.1) is 0 Å². The molecule has 1 unspecified atom stereocenters. The topological polar surface area (TPSA) is 72.6 Å². The second-order valence-electron chi connectivity index (χ2n) is 4.96. The number of carbonyl (C=O) groups is 1. The number of hydrogen-bond acceptors (Lipinski definition) is 3. The number of aliphatic carboxylic acids is 1. The van der Waals surface area contributed by atoms with Crippen LogP contribution in [0.5, 0.6) is 11.5 Å². The summed E-state index contributed by atoms with van der Waals surface area (Å²) in [6.07, 6.45) is 1.21. The van der Waals surface area contributed by atoms with Crippen molar-refractivity contribution in [3.63, 3.8) is 0 Å². The Morgan fingerprint density at radius 1 is 1.10 bits per heavy atom. The van der Waals surface area contributed by atoms with Gasteiger partial charge < -0.3 is 15.6 Å². The summed E-state index contributed by atoms with van der Waals surface area (Å²) < 4.78 is 5.76. The SMILES string of the molecule is NC(CCC(=O)O)Cc1cccc(Oc2ccccc2)c1. The fraction of sp³-hybridized carbons (Fsp3) is 0.235. The van der Waals surface area contributed by atoms with E-state index in [2.05, 4.69) is 0 Å². The summed E-state index contributed by atoms with van der Waals surface area (Å²) in [4.78, 5) is 10.5. The Morgan fingerprint density at radius 2 is 1.81 bits per heavy atom. The largest absolute Gasteiger partial charge is 0.481 e. The molecule has 0 bridgehead atoms. The summed E-state index contributed by atoms with van der Waals surface area (Å²) in [7, 11) is 0. The normalized spacial score (nSPS) is 11.9. The Bertz CT molecular complexity index is 584. The first-order valence-electron chi connectivity index (χ1n) is 6.92. The molecule has 3 N–H and O–H groups in total. The number of benzene rings is 2. The van der Waals surface area contributed by atoms with Crippen LogP contribution in [0.3, 0.4) is 0 Å². The minimum atomic E-state index is -0.813.